The van der Waals surface area contributed by atoms with E-state index in [1.165, 1.54) is 0 Å². The van der Waals surface area contributed by atoms with E-state index in [1.54, 1.807) is 0 Å². The van der Waals surface area contributed by atoms with Gasteiger partial charge < -0.3 is 9.84 Å². The van der Waals surface area contributed by atoms with Crippen LogP contribution in [0, 0.1) is 5.82 Å². The first-order valence-corrected chi connectivity index (χ1v) is 7.85. The molecular weight excluding hydrogens is 357 g/mol. The number of ether oxygens (including phenoxy) is 1. The van der Waals surface area contributed by atoms with Crippen LogP contribution in [-0.2, 0) is 19.6 Å². The third kappa shape index (κ3) is 2.85. The molecule has 0 spiro atoms. The van der Waals surface area contributed by atoms with Crippen molar-refractivity contribution in [3.8, 4) is 0 Å². The number of aliphatic carboxylic acids is 1. The Morgan fingerprint density at radius 1 is 1.50 bits per heavy atom. The van der Waals surface area contributed by atoms with Crippen LogP contribution in [0.3, 0.4) is 0 Å². The minimum atomic E-state index is -4.12. The maximum Gasteiger partial charge on any atom is 0.327 e. The van der Waals surface area contributed by atoms with Crippen LogP contribution in [0.25, 0.3) is 0 Å². The maximum absolute atomic E-state index is 13.0. The van der Waals surface area contributed by atoms with Gasteiger partial charge >= 0.3 is 5.97 Å². The van der Waals surface area contributed by atoms with E-state index in [4.69, 9.17) is 4.74 Å². The fraction of sp³-hybridized carbons (Fsp3) is 0.364. The number of carboxylic acids is 1. The van der Waals surface area contributed by atoms with Gasteiger partial charge in [-0.3, -0.25) is 4.79 Å². The molecular formula is C11H11BrFNO5S. The number of benzene rings is 1. The van der Waals surface area contributed by atoms with Crippen molar-refractivity contribution in [2.75, 3.05) is 13.2 Å². The molecule has 1 aliphatic rings. The molecule has 2 N–H and O–H groups in total. The van der Waals surface area contributed by atoms with Gasteiger partial charge in [0.15, 0.2) is 5.54 Å². The molecule has 0 aromatic heterocycles. The largest absolute Gasteiger partial charge is 0.480 e. The van der Waals surface area contributed by atoms with Crippen LogP contribution in [0.5, 0.6) is 0 Å². The Hall–Kier alpha value is -1.03. The molecule has 1 heterocycles. The zero-order valence-corrected chi connectivity index (χ0v) is 12.5. The molecule has 1 unspecified atom stereocenters. The molecule has 1 atom stereocenters. The lowest BCUT2D eigenvalue weighted by Crippen LogP contribution is -2.55. The first-order valence-electron chi connectivity index (χ1n) is 5.57. The molecule has 1 fully saturated rings. The van der Waals surface area contributed by atoms with E-state index in [0.717, 1.165) is 18.2 Å². The molecule has 0 aliphatic carbocycles. The zero-order chi connectivity index (χ0) is 15.0. The average molecular weight is 368 g/mol. The Morgan fingerprint density at radius 2 is 2.20 bits per heavy atom. The normalized spacial score (nSPS) is 22.9. The summed E-state index contributed by atoms with van der Waals surface area (Å²) in [6.45, 7) is -0.0974. The van der Waals surface area contributed by atoms with Crippen molar-refractivity contribution in [2.24, 2.45) is 0 Å². The van der Waals surface area contributed by atoms with Crippen LogP contribution in [0.4, 0.5) is 4.39 Å². The van der Waals surface area contributed by atoms with Crippen LogP contribution in [0.2, 0.25) is 0 Å². The molecule has 20 heavy (non-hydrogen) atoms. The van der Waals surface area contributed by atoms with Crippen LogP contribution >= 0.6 is 15.9 Å². The second-order valence-corrected chi connectivity index (χ2v) is 6.88. The van der Waals surface area contributed by atoms with Crippen molar-refractivity contribution in [3.05, 3.63) is 28.5 Å². The van der Waals surface area contributed by atoms with Gasteiger partial charge in [0, 0.05) is 17.5 Å². The number of nitrogens with one attached hydrogen (secondary N) is 1. The molecule has 0 radical (unpaired) electrons. The summed E-state index contributed by atoms with van der Waals surface area (Å²) in [5, 5.41) is 9.21. The molecule has 0 amide bonds. The van der Waals surface area contributed by atoms with Gasteiger partial charge in [-0.15, -0.1) is 0 Å². The summed E-state index contributed by atoms with van der Waals surface area (Å²) in [5.41, 5.74) is -1.69. The monoisotopic (exact) mass is 367 g/mol. The predicted octanol–water partition coefficient (Wildman–Crippen LogP) is 1.11. The number of carbonyl (C=O) groups is 1. The number of carboxylic acid groups (broad SMARTS) is 1. The van der Waals surface area contributed by atoms with Gasteiger partial charge in [-0.1, -0.05) is 0 Å². The number of rotatable bonds is 4. The zero-order valence-electron chi connectivity index (χ0n) is 10.1. The maximum atomic E-state index is 13.0. The fourth-order valence-corrected chi connectivity index (χ4v) is 4.29. The number of sulfonamides is 1. The quantitative estimate of drug-likeness (QED) is 0.831. The summed E-state index contributed by atoms with van der Waals surface area (Å²) >= 11 is 2.95. The minimum Gasteiger partial charge on any atom is -0.480 e. The fourth-order valence-electron chi connectivity index (χ4n) is 1.86. The average Bonchev–Trinajstić information content (AvgIpc) is 2.77. The smallest absolute Gasteiger partial charge is 0.327 e. The number of hydrogen-bond donors (Lipinski definition) is 2. The Bertz CT molecular complexity index is 642. The SMILES string of the molecule is O=C(O)C1(NS(=O)(=O)c2ccc(F)cc2Br)CCOC1. The van der Waals surface area contributed by atoms with Crippen molar-refractivity contribution < 1.29 is 27.4 Å². The third-order valence-corrected chi connectivity index (χ3v) is 5.46. The Balaban J connectivity index is 2.38. The third-order valence-electron chi connectivity index (χ3n) is 2.94. The molecule has 1 aliphatic heterocycles. The second kappa shape index (κ2) is 5.40. The molecule has 110 valence electrons. The molecule has 6 nitrogen and oxygen atoms in total. The van der Waals surface area contributed by atoms with Crippen molar-refractivity contribution in [2.45, 2.75) is 16.9 Å². The summed E-state index contributed by atoms with van der Waals surface area (Å²) in [4.78, 5) is 11.1. The summed E-state index contributed by atoms with van der Waals surface area (Å²) in [7, 11) is -4.12. The Morgan fingerprint density at radius 3 is 2.70 bits per heavy atom. The highest BCUT2D eigenvalue weighted by Crippen LogP contribution is 2.26. The highest BCUT2D eigenvalue weighted by molar-refractivity contribution is 9.10. The van der Waals surface area contributed by atoms with E-state index < -0.39 is 27.3 Å². The Labute approximate surface area is 123 Å². The Kier molecular flexibility index (Phi) is 4.14. The second-order valence-electron chi connectivity index (χ2n) is 4.37. The van der Waals surface area contributed by atoms with Crippen LogP contribution in [0.15, 0.2) is 27.6 Å². The van der Waals surface area contributed by atoms with E-state index in [2.05, 4.69) is 20.7 Å². The first kappa shape index (κ1) is 15.4. The standard InChI is InChI=1S/C11H11BrFNO5S/c12-8-5-7(13)1-2-9(8)20(17,18)14-11(10(15)16)3-4-19-6-11/h1-2,5,14H,3-4,6H2,(H,15,16). The van der Waals surface area contributed by atoms with Crippen molar-refractivity contribution in [3.63, 3.8) is 0 Å². The van der Waals surface area contributed by atoms with E-state index >= 15 is 0 Å². The van der Waals surface area contributed by atoms with Gasteiger partial charge in [0.25, 0.3) is 0 Å². The molecule has 0 saturated carbocycles. The van der Waals surface area contributed by atoms with Crippen molar-refractivity contribution in [1.29, 1.82) is 0 Å². The minimum absolute atomic E-state index is 0.0180. The number of hydrogen-bond acceptors (Lipinski definition) is 4. The van der Waals surface area contributed by atoms with E-state index in [1.807, 2.05) is 0 Å². The van der Waals surface area contributed by atoms with Crippen molar-refractivity contribution >= 4 is 31.9 Å². The topological polar surface area (TPSA) is 92.7 Å². The van der Waals surface area contributed by atoms with Crippen LogP contribution in [-0.4, -0.2) is 38.2 Å². The summed E-state index contributed by atoms with van der Waals surface area (Å²) in [6.07, 6.45) is 0.0282. The molecule has 0 bridgehead atoms. The molecule has 1 saturated heterocycles. The lowest BCUT2D eigenvalue weighted by molar-refractivity contribution is -0.144. The van der Waals surface area contributed by atoms with Crippen molar-refractivity contribution in [1.82, 2.24) is 4.72 Å². The highest BCUT2D eigenvalue weighted by Gasteiger charge is 2.46. The van der Waals surface area contributed by atoms with Gasteiger partial charge in [-0.25, -0.2) is 12.8 Å². The summed E-state index contributed by atoms with van der Waals surface area (Å²) in [5.74, 6) is -1.91. The van der Waals surface area contributed by atoms with E-state index in [0.29, 0.717) is 0 Å². The first-order chi connectivity index (χ1) is 9.27. The van der Waals surface area contributed by atoms with E-state index in [9.17, 15) is 22.7 Å². The highest BCUT2D eigenvalue weighted by atomic mass is 79.9. The molecule has 9 heteroatoms. The van der Waals surface area contributed by atoms with Gasteiger partial charge in [0.05, 0.1) is 11.5 Å². The van der Waals surface area contributed by atoms with Crippen LogP contribution in [0.1, 0.15) is 6.42 Å². The molecule has 2 rings (SSSR count). The van der Waals surface area contributed by atoms with Gasteiger partial charge in [-0.2, -0.15) is 4.72 Å². The lowest BCUT2D eigenvalue weighted by atomic mass is 10.0. The summed E-state index contributed by atoms with van der Waals surface area (Å²) < 4.78 is 44.6. The van der Waals surface area contributed by atoms with Gasteiger partial charge in [0.1, 0.15) is 5.82 Å². The van der Waals surface area contributed by atoms with Gasteiger partial charge in [-0.05, 0) is 34.1 Å². The lowest BCUT2D eigenvalue weighted by Gasteiger charge is -2.23. The predicted molar refractivity (Wildman–Crippen MR) is 70.2 cm³/mol. The molecule has 1 aromatic carbocycles. The summed E-state index contributed by atoms with van der Waals surface area (Å²) in [6, 6.07) is 3.04. The molecule has 1 aromatic rings. The van der Waals surface area contributed by atoms with Gasteiger partial charge in [0.2, 0.25) is 10.0 Å². The number of halogens is 2. The van der Waals surface area contributed by atoms with E-state index in [-0.39, 0.29) is 29.0 Å². The van der Waals surface area contributed by atoms with Crippen LogP contribution < -0.4 is 4.72 Å².